The Bertz CT molecular complexity index is 4340. The summed E-state index contributed by atoms with van der Waals surface area (Å²) in [5.74, 6) is -8.22. The third-order valence-electron chi connectivity index (χ3n) is 23.8. The smallest absolute Gasteiger partial charge is 0.329 e. The van der Waals surface area contributed by atoms with Crippen LogP contribution in [0.1, 0.15) is 157 Å². The highest BCUT2D eigenvalue weighted by Gasteiger charge is 2.53. The Morgan fingerprint density at radius 3 is 2.14 bits per heavy atom. The minimum absolute atomic E-state index is 0.0174. The predicted molar refractivity (Wildman–Crippen MR) is 465 cm³/mol. The lowest BCUT2D eigenvalue weighted by molar-refractivity contribution is -0.265. The number of nitrogens with two attached hydrogens (primary N) is 3. The number of allylic oxidation sites excluding steroid dienone is 6. The fourth-order valence-electron chi connectivity index (χ4n) is 16.5. The summed E-state index contributed by atoms with van der Waals surface area (Å²) in [7, 11) is 4.60. The van der Waals surface area contributed by atoms with Crippen LogP contribution in [0.25, 0.3) is 33.4 Å². The molecule has 3 fully saturated rings. The Morgan fingerprint density at radius 2 is 1.46 bits per heavy atom. The summed E-state index contributed by atoms with van der Waals surface area (Å²) in [6.07, 6.45) is 16.7. The first-order chi connectivity index (χ1) is 60.1. The summed E-state index contributed by atoms with van der Waals surface area (Å²) in [6, 6.07) is 3.45. The highest BCUT2D eigenvalue weighted by molar-refractivity contribution is 6.39. The quantitative estimate of drug-likeness (QED) is 0.00934. The summed E-state index contributed by atoms with van der Waals surface area (Å²) in [6.45, 7) is 22.1. The Kier molecular flexibility index (Phi) is 41.1. The van der Waals surface area contributed by atoms with Gasteiger partial charge in [0.25, 0.3) is 17.7 Å². The number of benzene rings is 1. The van der Waals surface area contributed by atoms with E-state index < -0.39 is 83.8 Å². The second kappa shape index (κ2) is 51.1. The number of ketones is 3. The normalized spacial score (nSPS) is 26.9. The summed E-state index contributed by atoms with van der Waals surface area (Å²) in [5, 5.41) is 41.0. The molecule has 2 amide bonds. The first-order valence-electron chi connectivity index (χ1n) is 44.3. The Hall–Kier alpha value is -8.24. The van der Waals surface area contributed by atoms with Gasteiger partial charge in [0, 0.05) is 96.0 Å². The van der Waals surface area contributed by atoms with Crippen molar-refractivity contribution in [1.29, 1.82) is 0 Å². The molecule has 1 aromatic carbocycles. The van der Waals surface area contributed by atoms with E-state index in [1.165, 1.54) is 18.3 Å². The van der Waals surface area contributed by atoms with Crippen molar-refractivity contribution in [3.8, 4) is 11.3 Å². The average molecular weight is 1750 g/mol. The number of fused-ring (bicyclic) bond motifs is 5. The Labute approximate surface area is 733 Å². The number of hydrogen-bond donors (Lipinski definition) is 6. The number of methoxy groups -OCH3 is 3. The number of amides is 2. The van der Waals surface area contributed by atoms with Crippen molar-refractivity contribution in [2.45, 2.75) is 232 Å². The molecule has 5 aromatic rings. The number of piperidine rings is 1. The van der Waals surface area contributed by atoms with E-state index in [-0.39, 0.29) is 92.0 Å². The van der Waals surface area contributed by atoms with Gasteiger partial charge in [0.15, 0.2) is 17.0 Å². The standard InChI is InChI=1S/C90H137N13O22/c1-58-19-13-12-14-20-59(2)74(112-9)52-67-25-22-63(6)90(111,125-67)83(108)86(109)102-30-17-15-21-70(102)87(110)123-75(53-71(104)60(3)48-62(5)81(107)82(114-11)80(106)61(4)47-58)68(91)49-64-23-26-73(76(50-64)113-10)122-33-28-89(7,8)54-66-55-101(100-98-66)32-34-115-35-36-116-37-38-117-39-40-118-41-42-119-43-44-120-45-46-121-56-77(105)94-29-16-18-31-103-85-78(84(92)95-57-96-85)79(99-103)65-24-27-72-69(51-65)97-88(93)124-72/h12-14,19-20,24,27,48,51,55,57-58,60-61,63-64,67-68,70,73-76,81-82,107,111H,15-18,21-23,25-26,28-47,49-50,52-54,56,91H2,1-11H3,(H2,93,97)(H,94,105)(H2,92,95,96)/b14-12+,19-13+,59-20+,62-48+/t58-,60-,61-,63-,64+,67+,68-,70+,73-,74+,75+,76-,81-,82+,90-/m1/s1. The van der Waals surface area contributed by atoms with Gasteiger partial charge < -0.3 is 104 Å². The lowest BCUT2D eigenvalue weighted by Gasteiger charge is -2.42. The number of ether oxygens (including phenoxy) is 13. The zero-order valence-corrected chi connectivity index (χ0v) is 75.0. The number of nitrogen functional groups attached to an aromatic ring is 2. The maximum Gasteiger partial charge on any atom is 0.329 e. The van der Waals surface area contributed by atoms with E-state index in [0.29, 0.717) is 215 Å². The van der Waals surface area contributed by atoms with E-state index >= 15 is 0 Å². The molecule has 1 saturated carbocycles. The number of aryl methyl sites for hydroxylation is 1. The van der Waals surface area contributed by atoms with E-state index in [9.17, 15) is 39.0 Å². The zero-order valence-electron chi connectivity index (χ0n) is 75.0. The number of esters is 1. The molecule has 4 aromatic heterocycles. The van der Waals surface area contributed by atoms with E-state index in [4.69, 9.17) is 88.3 Å². The molecule has 4 aliphatic rings. The second-order valence-corrected chi connectivity index (χ2v) is 34.2. The summed E-state index contributed by atoms with van der Waals surface area (Å²) < 4.78 is 85.1. The largest absolute Gasteiger partial charge is 0.459 e. The van der Waals surface area contributed by atoms with Crippen LogP contribution in [0.15, 0.2) is 82.7 Å². The number of carbonyl (C=O) groups excluding carboxylic acids is 6. The maximum absolute atomic E-state index is 14.8. The van der Waals surface area contributed by atoms with Crippen molar-refractivity contribution in [2.24, 2.45) is 40.7 Å². The molecule has 125 heavy (non-hydrogen) atoms. The number of rotatable bonds is 41. The molecule has 7 heterocycles. The van der Waals surface area contributed by atoms with Crippen molar-refractivity contribution in [2.75, 3.05) is 145 Å². The molecule has 35 heteroatoms. The van der Waals surface area contributed by atoms with Gasteiger partial charge in [-0.2, -0.15) is 10.1 Å². The van der Waals surface area contributed by atoms with Crippen molar-refractivity contribution in [3.63, 3.8) is 0 Å². The minimum atomic E-state index is -2.49. The molecule has 694 valence electrons. The van der Waals surface area contributed by atoms with Crippen LogP contribution in [-0.4, -0.2) is 284 Å². The lowest BCUT2D eigenvalue weighted by Crippen LogP contribution is -2.61. The fraction of sp³-hybridized carbons (Fsp3) is 0.689. The average Bonchev–Trinajstić information content (AvgIpc) is 1.70. The van der Waals surface area contributed by atoms with Gasteiger partial charge in [0.05, 0.1) is 128 Å². The molecule has 2 bridgehead atoms. The van der Waals surface area contributed by atoms with E-state index in [0.717, 1.165) is 29.7 Å². The Balaban J connectivity index is 0.621. The zero-order chi connectivity index (χ0) is 90.0. The van der Waals surface area contributed by atoms with Gasteiger partial charge in [-0.3, -0.25) is 24.0 Å². The molecule has 35 nitrogen and oxygen atoms in total. The SMILES string of the molecule is CO[C@H]1C[C@@H]2CC[C@@H](C)[C@@](O)(O2)C(=O)C(=O)N2CCCC[C@H]2C(=O)O[C@H]([C@H](N)C[C@@H]2CC[C@@H](OCCC(C)(C)Cc3cn(CCOCCOCCOCCOCCOCCOCCOCC(=O)NCCCCn4nc(-c5ccc6oc(N)nc6c5)c5c(N)ncnc54)nn3)[C@H](OC)C2)CC(=O)[C@H](C)/C=C(\C)[C@@H](O)[C@@H](OC)C(=O)[C@H](C)C[C@H](C)/C=C/C=C/C=C/1C. The van der Waals surface area contributed by atoms with Crippen molar-refractivity contribution < 1.29 is 105 Å². The number of aliphatic hydroxyl groups is 2. The van der Waals surface area contributed by atoms with Crippen LogP contribution in [0.3, 0.4) is 0 Å². The molecule has 0 radical (unpaired) electrons. The van der Waals surface area contributed by atoms with E-state index in [2.05, 4.69) is 44.4 Å². The van der Waals surface area contributed by atoms with Crippen LogP contribution >= 0.6 is 0 Å². The van der Waals surface area contributed by atoms with Gasteiger partial charge in [0.1, 0.15) is 60.1 Å². The van der Waals surface area contributed by atoms with Gasteiger partial charge in [0.2, 0.25) is 11.7 Å². The number of cyclic esters (lactones) is 1. The van der Waals surface area contributed by atoms with Crippen molar-refractivity contribution in [3.05, 3.63) is 84.0 Å². The molecular formula is C90H137N13O22. The molecule has 0 spiro atoms. The Morgan fingerprint density at radius 1 is 0.760 bits per heavy atom. The number of hydrogen-bond acceptors (Lipinski definition) is 31. The van der Waals surface area contributed by atoms with Gasteiger partial charge in [-0.05, 0) is 150 Å². The highest BCUT2D eigenvalue weighted by atomic mass is 16.6. The fourth-order valence-corrected chi connectivity index (χ4v) is 16.5. The first-order valence-corrected chi connectivity index (χ1v) is 44.3. The molecule has 2 saturated heterocycles. The number of unbranched alkanes of at least 4 members (excludes halogenated alkanes) is 1. The molecular weight excluding hydrogens is 1620 g/mol. The van der Waals surface area contributed by atoms with Crippen LogP contribution in [0.2, 0.25) is 0 Å². The van der Waals surface area contributed by atoms with Gasteiger partial charge >= 0.3 is 5.97 Å². The number of Topliss-reactive ketones (excluding diaryl/α,β-unsaturated/α-hetero) is 3. The van der Waals surface area contributed by atoms with Crippen molar-refractivity contribution in [1.82, 2.24) is 49.9 Å². The van der Waals surface area contributed by atoms with Gasteiger partial charge in [-0.1, -0.05) is 83.2 Å². The van der Waals surface area contributed by atoms with Crippen LogP contribution in [-0.2, 0) is 110 Å². The van der Waals surface area contributed by atoms with Crippen molar-refractivity contribution >= 4 is 69.1 Å². The maximum atomic E-state index is 14.8. The second-order valence-electron chi connectivity index (χ2n) is 34.2. The van der Waals surface area contributed by atoms with Gasteiger partial charge in [-0.25, -0.2) is 24.1 Å². The molecule has 1 aliphatic carbocycles. The van der Waals surface area contributed by atoms with E-state index in [1.807, 2.05) is 62.6 Å². The number of carbonyl (C=O) groups is 6. The molecule has 9 N–H and O–H groups in total. The van der Waals surface area contributed by atoms with Crippen LogP contribution in [0.4, 0.5) is 11.8 Å². The highest BCUT2D eigenvalue weighted by Crippen LogP contribution is 2.39. The monoisotopic (exact) mass is 1750 g/mol. The third-order valence-corrected chi connectivity index (χ3v) is 23.8. The number of aliphatic hydroxyl groups excluding tert-OH is 1. The number of nitrogens with zero attached hydrogens (tertiary/aromatic N) is 9. The topological polar surface area (TPSA) is 457 Å². The summed E-state index contributed by atoms with van der Waals surface area (Å²) in [4.78, 5) is 98.7. The van der Waals surface area contributed by atoms with Crippen LogP contribution < -0.4 is 22.5 Å². The third kappa shape index (κ3) is 30.7. The summed E-state index contributed by atoms with van der Waals surface area (Å²) >= 11 is 0. The lowest BCUT2D eigenvalue weighted by atomic mass is 9.80. The number of oxazole rings is 1. The molecule has 9 rings (SSSR count). The summed E-state index contributed by atoms with van der Waals surface area (Å²) in [5.41, 5.74) is 24.2. The number of nitrogens with one attached hydrogen (secondary N) is 1. The number of anilines is 2. The molecule has 0 unspecified atom stereocenters. The molecule has 3 aliphatic heterocycles. The van der Waals surface area contributed by atoms with E-state index in [1.54, 1.807) is 63.4 Å². The predicted octanol–water partition coefficient (Wildman–Crippen LogP) is 7.97. The van der Waals surface area contributed by atoms with Crippen LogP contribution in [0.5, 0.6) is 0 Å². The molecule has 15 atom stereocenters. The first kappa shape index (κ1) is 101. The van der Waals surface area contributed by atoms with Crippen LogP contribution in [0, 0.1) is 35.0 Å². The van der Waals surface area contributed by atoms with Gasteiger partial charge in [-0.15, -0.1) is 5.10 Å². The number of aromatic nitrogens is 8. The minimum Gasteiger partial charge on any atom is -0.459 e.